The Balaban J connectivity index is 2.22. The normalized spacial score (nSPS) is 16.7. The molecule has 2 amide bonds. The number of rotatable bonds is 2. The predicted octanol–water partition coefficient (Wildman–Crippen LogP) is -0.0570. The quantitative estimate of drug-likeness (QED) is 0.603. The van der Waals surface area contributed by atoms with Gasteiger partial charge in [0.25, 0.3) is 0 Å². The third-order valence-corrected chi connectivity index (χ3v) is 2.36. The first-order valence-corrected chi connectivity index (χ1v) is 4.46. The number of hydrogen-bond donors (Lipinski definition) is 0. The van der Waals surface area contributed by atoms with Crippen LogP contribution >= 0.6 is 0 Å². The first-order valence-electron chi connectivity index (χ1n) is 4.46. The Kier molecular flexibility index (Phi) is 2.90. The van der Waals surface area contributed by atoms with E-state index >= 15 is 0 Å². The summed E-state index contributed by atoms with van der Waals surface area (Å²) in [5.41, 5.74) is 0. The smallest absolute Gasteiger partial charge is 0.222 e. The number of carbonyl (C=O) groups excluding carboxylic acids is 2. The lowest BCUT2D eigenvalue weighted by Crippen LogP contribution is -2.50. The van der Waals surface area contributed by atoms with E-state index in [0.29, 0.717) is 12.3 Å². The van der Waals surface area contributed by atoms with Gasteiger partial charge in [0.2, 0.25) is 11.8 Å². The van der Waals surface area contributed by atoms with Crippen LogP contribution in [0.5, 0.6) is 0 Å². The summed E-state index contributed by atoms with van der Waals surface area (Å²) in [7, 11) is 3.51. The molecular weight excluding hydrogens is 168 g/mol. The van der Waals surface area contributed by atoms with E-state index in [4.69, 9.17) is 0 Å². The van der Waals surface area contributed by atoms with Crippen LogP contribution in [0.15, 0.2) is 0 Å². The summed E-state index contributed by atoms with van der Waals surface area (Å²) in [6.45, 7) is 3.05. The van der Waals surface area contributed by atoms with Gasteiger partial charge in [-0.15, -0.1) is 0 Å². The fourth-order valence-corrected chi connectivity index (χ4v) is 1.39. The average molecular weight is 184 g/mol. The van der Waals surface area contributed by atoms with Gasteiger partial charge in [-0.2, -0.15) is 0 Å². The van der Waals surface area contributed by atoms with Crippen molar-refractivity contribution in [2.75, 3.05) is 27.2 Å². The molecule has 0 aromatic heterocycles. The minimum absolute atomic E-state index is 0.105. The molecule has 0 saturated carbocycles. The van der Waals surface area contributed by atoms with Crippen molar-refractivity contribution in [3.63, 3.8) is 0 Å². The van der Waals surface area contributed by atoms with Gasteiger partial charge in [0, 0.05) is 46.4 Å². The zero-order valence-corrected chi connectivity index (χ0v) is 8.41. The van der Waals surface area contributed by atoms with E-state index in [9.17, 15) is 9.59 Å². The summed E-state index contributed by atoms with van der Waals surface area (Å²) in [6.07, 6.45) is 0.566. The van der Waals surface area contributed by atoms with Crippen molar-refractivity contribution < 1.29 is 9.59 Å². The summed E-state index contributed by atoms with van der Waals surface area (Å²) in [4.78, 5) is 25.4. The van der Waals surface area contributed by atoms with E-state index in [1.54, 1.807) is 30.8 Å². The molecule has 0 atom stereocenters. The third kappa shape index (κ3) is 2.44. The molecule has 1 aliphatic heterocycles. The highest BCUT2D eigenvalue weighted by molar-refractivity contribution is 5.77. The zero-order chi connectivity index (χ0) is 10.0. The van der Waals surface area contributed by atoms with Gasteiger partial charge in [-0.05, 0) is 0 Å². The van der Waals surface area contributed by atoms with E-state index in [1.165, 1.54) is 0 Å². The van der Waals surface area contributed by atoms with Gasteiger partial charge in [-0.3, -0.25) is 9.59 Å². The Hall–Kier alpha value is -1.06. The van der Waals surface area contributed by atoms with E-state index < -0.39 is 0 Å². The van der Waals surface area contributed by atoms with Crippen molar-refractivity contribution >= 4 is 11.8 Å². The molecule has 1 saturated heterocycles. The standard InChI is InChI=1S/C9H16N2O2/c1-7(12)11-5-8(6-11)4-9(13)10(2)3/h8H,4-6H2,1-3H3. The molecule has 0 aliphatic carbocycles. The molecule has 13 heavy (non-hydrogen) atoms. The molecule has 1 fully saturated rings. The highest BCUT2D eigenvalue weighted by atomic mass is 16.2. The van der Waals surface area contributed by atoms with E-state index in [2.05, 4.69) is 0 Å². The van der Waals surface area contributed by atoms with Crippen LogP contribution in [0, 0.1) is 5.92 Å². The van der Waals surface area contributed by atoms with E-state index in [1.807, 2.05) is 0 Å². The number of amides is 2. The molecule has 0 unspecified atom stereocenters. The van der Waals surface area contributed by atoms with Crippen LogP contribution in [0.1, 0.15) is 13.3 Å². The highest BCUT2D eigenvalue weighted by Crippen LogP contribution is 2.19. The number of likely N-dealkylation sites (tertiary alicyclic amines) is 1. The van der Waals surface area contributed by atoms with Crippen LogP contribution in [-0.4, -0.2) is 48.8 Å². The first kappa shape index (κ1) is 10.0. The molecule has 0 aromatic carbocycles. The van der Waals surface area contributed by atoms with Gasteiger partial charge in [0.15, 0.2) is 0 Å². The second kappa shape index (κ2) is 3.77. The van der Waals surface area contributed by atoms with Crippen LogP contribution in [0.2, 0.25) is 0 Å². The lowest BCUT2D eigenvalue weighted by molar-refractivity contribution is -0.139. The van der Waals surface area contributed by atoms with Crippen molar-refractivity contribution in [3.05, 3.63) is 0 Å². The Morgan fingerprint density at radius 3 is 2.31 bits per heavy atom. The average Bonchev–Trinajstić information content (AvgIpc) is 1.94. The number of hydrogen-bond acceptors (Lipinski definition) is 2. The van der Waals surface area contributed by atoms with Gasteiger partial charge in [-0.25, -0.2) is 0 Å². The molecule has 0 N–H and O–H groups in total. The summed E-state index contributed by atoms with van der Waals surface area (Å²) in [5, 5.41) is 0. The van der Waals surface area contributed by atoms with Gasteiger partial charge >= 0.3 is 0 Å². The molecule has 0 spiro atoms. The van der Waals surface area contributed by atoms with Crippen LogP contribution < -0.4 is 0 Å². The number of carbonyl (C=O) groups is 2. The summed E-state index contributed by atoms with van der Waals surface area (Å²) < 4.78 is 0. The molecule has 4 nitrogen and oxygen atoms in total. The first-order chi connectivity index (χ1) is 6.00. The predicted molar refractivity (Wildman–Crippen MR) is 49.1 cm³/mol. The maximum absolute atomic E-state index is 11.2. The second-order valence-corrected chi connectivity index (χ2v) is 3.78. The molecule has 74 valence electrons. The second-order valence-electron chi connectivity index (χ2n) is 3.78. The molecule has 4 heteroatoms. The van der Waals surface area contributed by atoms with Crippen LogP contribution in [-0.2, 0) is 9.59 Å². The van der Waals surface area contributed by atoms with Crippen molar-refractivity contribution in [2.24, 2.45) is 5.92 Å². The molecule has 1 heterocycles. The van der Waals surface area contributed by atoms with Crippen molar-refractivity contribution in [2.45, 2.75) is 13.3 Å². The highest BCUT2D eigenvalue weighted by Gasteiger charge is 2.30. The summed E-state index contributed by atoms with van der Waals surface area (Å²) >= 11 is 0. The Morgan fingerprint density at radius 1 is 1.38 bits per heavy atom. The minimum atomic E-state index is 0.105. The molecule has 0 bridgehead atoms. The zero-order valence-electron chi connectivity index (χ0n) is 8.41. The van der Waals surface area contributed by atoms with Crippen LogP contribution in [0.25, 0.3) is 0 Å². The fourth-order valence-electron chi connectivity index (χ4n) is 1.39. The summed E-state index contributed by atoms with van der Waals surface area (Å²) in [5.74, 6) is 0.626. The molecule has 0 radical (unpaired) electrons. The molecule has 1 rings (SSSR count). The molecule has 1 aliphatic rings. The van der Waals surface area contributed by atoms with E-state index in [0.717, 1.165) is 13.1 Å². The monoisotopic (exact) mass is 184 g/mol. The van der Waals surface area contributed by atoms with Crippen LogP contribution in [0.4, 0.5) is 0 Å². The Morgan fingerprint density at radius 2 is 1.92 bits per heavy atom. The van der Waals surface area contributed by atoms with Gasteiger partial charge in [0.1, 0.15) is 0 Å². The maximum Gasteiger partial charge on any atom is 0.222 e. The minimum Gasteiger partial charge on any atom is -0.349 e. The maximum atomic E-state index is 11.2. The van der Waals surface area contributed by atoms with Crippen molar-refractivity contribution in [1.82, 2.24) is 9.80 Å². The Bertz CT molecular complexity index is 220. The third-order valence-electron chi connectivity index (χ3n) is 2.36. The van der Waals surface area contributed by atoms with Crippen LogP contribution in [0.3, 0.4) is 0 Å². The lowest BCUT2D eigenvalue weighted by atomic mass is 9.96. The molecular formula is C9H16N2O2. The van der Waals surface area contributed by atoms with Gasteiger partial charge < -0.3 is 9.80 Å². The Labute approximate surface area is 78.5 Å². The molecule has 0 aromatic rings. The topological polar surface area (TPSA) is 40.6 Å². The lowest BCUT2D eigenvalue weighted by Gasteiger charge is -2.38. The van der Waals surface area contributed by atoms with Crippen molar-refractivity contribution in [1.29, 1.82) is 0 Å². The number of nitrogens with zero attached hydrogens (tertiary/aromatic N) is 2. The fraction of sp³-hybridized carbons (Fsp3) is 0.778. The van der Waals surface area contributed by atoms with E-state index in [-0.39, 0.29) is 11.8 Å². The van der Waals surface area contributed by atoms with Crippen molar-refractivity contribution in [3.8, 4) is 0 Å². The van der Waals surface area contributed by atoms with Gasteiger partial charge in [-0.1, -0.05) is 0 Å². The SMILES string of the molecule is CC(=O)N1CC(CC(=O)N(C)C)C1. The largest absolute Gasteiger partial charge is 0.349 e. The van der Waals surface area contributed by atoms with Gasteiger partial charge in [0.05, 0.1) is 0 Å². The summed E-state index contributed by atoms with van der Waals surface area (Å²) in [6, 6.07) is 0.